The summed E-state index contributed by atoms with van der Waals surface area (Å²) in [7, 11) is 0. The van der Waals surface area contributed by atoms with Crippen LogP contribution < -0.4 is 4.74 Å². The fraction of sp³-hybridized carbons (Fsp3) is 0.724. The average molecular weight is 461 g/mol. The normalized spacial score (nSPS) is 10.9. The van der Waals surface area contributed by atoms with Gasteiger partial charge in [-0.05, 0) is 37.5 Å². The molecular formula is C29H48O4. The summed E-state index contributed by atoms with van der Waals surface area (Å²) in [5, 5.41) is 0. The molecule has 188 valence electrons. The Labute approximate surface area is 202 Å². The van der Waals surface area contributed by atoms with E-state index in [-0.39, 0.29) is 18.8 Å². The number of benzene rings is 1. The Bertz CT molecular complexity index is 653. The van der Waals surface area contributed by atoms with Crippen molar-refractivity contribution in [2.75, 3.05) is 6.61 Å². The van der Waals surface area contributed by atoms with Crippen LogP contribution in [0, 0.1) is 13.8 Å². The molecule has 0 amide bonds. The topological polar surface area (TPSA) is 52.6 Å². The van der Waals surface area contributed by atoms with Gasteiger partial charge in [0, 0.05) is 0 Å². The first-order valence-electron chi connectivity index (χ1n) is 13.5. The Morgan fingerprint density at radius 1 is 0.667 bits per heavy atom. The van der Waals surface area contributed by atoms with Gasteiger partial charge in [-0.3, -0.25) is 9.59 Å². The van der Waals surface area contributed by atoms with Gasteiger partial charge in [0.25, 0.3) is 0 Å². The molecule has 0 saturated heterocycles. The van der Waals surface area contributed by atoms with Crippen LogP contribution >= 0.6 is 0 Å². The maximum atomic E-state index is 12.0. The number of hydrogen-bond donors (Lipinski definition) is 0. The molecule has 0 atom stereocenters. The minimum absolute atomic E-state index is 0.0467. The predicted octanol–water partition coefficient (Wildman–Crippen LogP) is 8.40. The summed E-state index contributed by atoms with van der Waals surface area (Å²) in [6.45, 7) is 6.61. The molecule has 1 rings (SSSR count). The lowest BCUT2D eigenvalue weighted by atomic mass is 10.0. The first kappa shape index (κ1) is 29.2. The highest BCUT2D eigenvalue weighted by molar-refractivity contribution is 5.79. The zero-order chi connectivity index (χ0) is 24.2. The zero-order valence-corrected chi connectivity index (χ0v) is 21.6. The molecule has 0 radical (unpaired) electrons. The molecule has 33 heavy (non-hydrogen) atoms. The van der Waals surface area contributed by atoms with Crippen LogP contribution in [0.5, 0.6) is 5.75 Å². The van der Waals surface area contributed by atoms with Gasteiger partial charge in [-0.2, -0.15) is 0 Å². The third-order valence-corrected chi connectivity index (χ3v) is 6.32. The molecule has 0 spiro atoms. The third kappa shape index (κ3) is 15.6. The minimum Gasteiger partial charge on any atom is -0.466 e. The van der Waals surface area contributed by atoms with E-state index in [1.165, 1.54) is 83.5 Å². The Morgan fingerprint density at radius 3 is 1.70 bits per heavy atom. The third-order valence-electron chi connectivity index (χ3n) is 6.32. The monoisotopic (exact) mass is 460 g/mol. The van der Waals surface area contributed by atoms with E-state index in [0.717, 1.165) is 24.0 Å². The number of unbranched alkanes of at least 4 members (excludes halogenated alkanes) is 14. The molecule has 4 heteroatoms. The van der Waals surface area contributed by atoms with E-state index in [0.29, 0.717) is 12.4 Å². The molecule has 4 nitrogen and oxygen atoms in total. The van der Waals surface area contributed by atoms with E-state index in [1.807, 2.05) is 26.0 Å². The molecule has 0 heterocycles. The second kappa shape index (κ2) is 19.6. The van der Waals surface area contributed by atoms with Crippen LogP contribution in [-0.2, 0) is 14.3 Å². The second-order valence-electron chi connectivity index (χ2n) is 9.34. The summed E-state index contributed by atoms with van der Waals surface area (Å²) < 4.78 is 10.6. The first-order chi connectivity index (χ1) is 16.0. The number of rotatable bonds is 20. The summed E-state index contributed by atoms with van der Waals surface area (Å²) in [5.74, 6) is -0.155. The Kier molecular flexibility index (Phi) is 17.4. The molecular weight excluding hydrogens is 412 g/mol. The second-order valence-corrected chi connectivity index (χ2v) is 9.34. The smallest absolute Gasteiger partial charge is 0.311 e. The summed E-state index contributed by atoms with van der Waals surface area (Å²) in [5.41, 5.74) is 2.02. The van der Waals surface area contributed by atoms with Gasteiger partial charge in [0.15, 0.2) is 0 Å². The van der Waals surface area contributed by atoms with Gasteiger partial charge in [-0.25, -0.2) is 0 Å². The average Bonchev–Trinajstić information content (AvgIpc) is 2.80. The molecule has 1 aromatic rings. The molecule has 0 saturated carbocycles. The van der Waals surface area contributed by atoms with E-state index in [9.17, 15) is 9.59 Å². The van der Waals surface area contributed by atoms with E-state index in [2.05, 4.69) is 6.92 Å². The highest BCUT2D eigenvalue weighted by Crippen LogP contribution is 2.21. The van der Waals surface area contributed by atoms with Crippen LogP contribution in [0.15, 0.2) is 18.2 Å². The van der Waals surface area contributed by atoms with Gasteiger partial charge < -0.3 is 9.47 Å². The van der Waals surface area contributed by atoms with Crippen LogP contribution in [0.4, 0.5) is 0 Å². The van der Waals surface area contributed by atoms with E-state index < -0.39 is 5.97 Å². The quantitative estimate of drug-likeness (QED) is 0.111. The minimum atomic E-state index is -0.396. The van der Waals surface area contributed by atoms with Crippen molar-refractivity contribution in [3.63, 3.8) is 0 Å². The van der Waals surface area contributed by atoms with Gasteiger partial charge in [-0.1, -0.05) is 109 Å². The molecule has 0 aliphatic rings. The van der Waals surface area contributed by atoms with Crippen LogP contribution in [-0.4, -0.2) is 18.5 Å². The standard InChI is InChI=1S/C29H48O4/c1-4-5-6-7-8-9-10-11-12-13-14-15-16-17-18-24-32-28(30)22-23-29(31)33-27-21-19-20-25(2)26(27)3/h19-21H,4-18,22-24H2,1-3H3. The number of hydrogen-bond acceptors (Lipinski definition) is 4. The number of aryl methyl sites for hydroxylation is 1. The summed E-state index contributed by atoms with van der Waals surface area (Å²) in [6, 6.07) is 5.60. The lowest BCUT2D eigenvalue weighted by molar-refractivity contribution is -0.147. The Morgan fingerprint density at radius 2 is 1.15 bits per heavy atom. The van der Waals surface area contributed by atoms with Gasteiger partial charge >= 0.3 is 11.9 Å². The fourth-order valence-corrected chi connectivity index (χ4v) is 3.94. The lowest BCUT2D eigenvalue weighted by Crippen LogP contribution is -2.13. The SMILES string of the molecule is CCCCCCCCCCCCCCCCCOC(=O)CCC(=O)Oc1cccc(C)c1C. The van der Waals surface area contributed by atoms with Crippen molar-refractivity contribution in [3.8, 4) is 5.75 Å². The number of esters is 2. The molecule has 1 aromatic carbocycles. The number of carbonyl (C=O) groups excluding carboxylic acids is 2. The number of carbonyl (C=O) groups is 2. The Hall–Kier alpha value is -1.84. The van der Waals surface area contributed by atoms with Crippen molar-refractivity contribution in [1.29, 1.82) is 0 Å². The molecule has 0 bridgehead atoms. The molecule has 0 aliphatic heterocycles. The van der Waals surface area contributed by atoms with Crippen LogP contribution in [0.3, 0.4) is 0 Å². The van der Waals surface area contributed by atoms with Crippen molar-refractivity contribution in [2.45, 2.75) is 130 Å². The molecule has 0 aromatic heterocycles. The zero-order valence-electron chi connectivity index (χ0n) is 21.6. The molecule has 0 unspecified atom stereocenters. The summed E-state index contributed by atoms with van der Waals surface area (Å²) in [6.07, 6.45) is 19.8. The fourth-order valence-electron chi connectivity index (χ4n) is 3.94. The van der Waals surface area contributed by atoms with Gasteiger partial charge in [-0.15, -0.1) is 0 Å². The van der Waals surface area contributed by atoms with E-state index >= 15 is 0 Å². The predicted molar refractivity (Wildman–Crippen MR) is 137 cm³/mol. The van der Waals surface area contributed by atoms with Crippen molar-refractivity contribution in [2.24, 2.45) is 0 Å². The maximum absolute atomic E-state index is 12.0. The van der Waals surface area contributed by atoms with Crippen molar-refractivity contribution >= 4 is 11.9 Å². The maximum Gasteiger partial charge on any atom is 0.311 e. The lowest BCUT2D eigenvalue weighted by Gasteiger charge is -2.09. The van der Waals surface area contributed by atoms with Crippen LogP contribution in [0.2, 0.25) is 0 Å². The molecule has 0 N–H and O–H groups in total. The van der Waals surface area contributed by atoms with Gasteiger partial charge in [0.2, 0.25) is 0 Å². The highest BCUT2D eigenvalue weighted by Gasteiger charge is 2.12. The summed E-state index contributed by atoms with van der Waals surface area (Å²) in [4.78, 5) is 23.8. The van der Waals surface area contributed by atoms with Gasteiger partial charge in [0.05, 0.1) is 19.4 Å². The highest BCUT2D eigenvalue weighted by atomic mass is 16.5. The Balaban J connectivity index is 1.88. The van der Waals surface area contributed by atoms with Crippen LogP contribution in [0.25, 0.3) is 0 Å². The van der Waals surface area contributed by atoms with Crippen molar-refractivity contribution < 1.29 is 19.1 Å². The van der Waals surface area contributed by atoms with Crippen molar-refractivity contribution in [1.82, 2.24) is 0 Å². The van der Waals surface area contributed by atoms with E-state index in [4.69, 9.17) is 9.47 Å². The summed E-state index contributed by atoms with van der Waals surface area (Å²) >= 11 is 0. The van der Waals surface area contributed by atoms with Crippen LogP contribution in [0.1, 0.15) is 127 Å². The van der Waals surface area contributed by atoms with E-state index in [1.54, 1.807) is 6.07 Å². The molecule has 0 fully saturated rings. The first-order valence-corrected chi connectivity index (χ1v) is 13.5. The molecule has 0 aliphatic carbocycles. The number of ether oxygens (including phenoxy) is 2. The van der Waals surface area contributed by atoms with Gasteiger partial charge in [0.1, 0.15) is 5.75 Å². The van der Waals surface area contributed by atoms with Crippen molar-refractivity contribution in [3.05, 3.63) is 29.3 Å². The largest absolute Gasteiger partial charge is 0.466 e.